The molecule has 0 aliphatic carbocycles. The largest absolute Gasteiger partial charge is 0.484 e. The summed E-state index contributed by atoms with van der Waals surface area (Å²) in [5.41, 5.74) is 4.52. The molecule has 3 N–H and O–H groups in total. The van der Waals surface area contributed by atoms with Crippen LogP contribution in [0.3, 0.4) is 0 Å². The van der Waals surface area contributed by atoms with Crippen molar-refractivity contribution in [1.29, 1.82) is 0 Å². The van der Waals surface area contributed by atoms with Crippen LogP contribution in [0.4, 0.5) is 10.1 Å². The van der Waals surface area contributed by atoms with E-state index in [1.54, 1.807) is 0 Å². The van der Waals surface area contributed by atoms with Crippen molar-refractivity contribution >= 4 is 11.6 Å². The standard InChI is InChI=1S/C15H22FN3O4/c1-10(2)7-15(3,9-17)18-14(20)8-23-11-4-5-13(19(21)22)12(16)6-11/h4-6,10H,7-9,17H2,1-3H3,(H,18,20). The third-order valence-electron chi connectivity index (χ3n) is 3.24. The van der Waals surface area contributed by atoms with Crippen LogP contribution < -0.4 is 15.8 Å². The van der Waals surface area contributed by atoms with Gasteiger partial charge in [-0.05, 0) is 25.3 Å². The second-order valence-corrected chi connectivity index (χ2v) is 6.07. The number of hydrogen-bond acceptors (Lipinski definition) is 5. The lowest BCUT2D eigenvalue weighted by Gasteiger charge is -2.31. The minimum atomic E-state index is -1.01. The highest BCUT2D eigenvalue weighted by Crippen LogP contribution is 2.22. The Morgan fingerprint density at radius 2 is 2.17 bits per heavy atom. The molecule has 0 spiro atoms. The van der Waals surface area contributed by atoms with E-state index >= 15 is 0 Å². The Hall–Kier alpha value is -2.22. The number of rotatable bonds is 8. The van der Waals surface area contributed by atoms with Gasteiger partial charge in [0.2, 0.25) is 5.82 Å². The van der Waals surface area contributed by atoms with Crippen molar-refractivity contribution in [3.63, 3.8) is 0 Å². The van der Waals surface area contributed by atoms with Crippen LogP contribution >= 0.6 is 0 Å². The molecule has 1 unspecified atom stereocenters. The molecule has 8 heteroatoms. The Morgan fingerprint density at radius 1 is 1.52 bits per heavy atom. The third-order valence-corrected chi connectivity index (χ3v) is 3.24. The van der Waals surface area contributed by atoms with Gasteiger partial charge in [0.25, 0.3) is 5.91 Å². The van der Waals surface area contributed by atoms with Gasteiger partial charge in [0, 0.05) is 24.2 Å². The molecule has 0 aliphatic heterocycles. The van der Waals surface area contributed by atoms with Crippen LogP contribution in [0.1, 0.15) is 27.2 Å². The van der Waals surface area contributed by atoms with Crippen LogP contribution in [0.5, 0.6) is 5.75 Å². The average molecular weight is 327 g/mol. The van der Waals surface area contributed by atoms with Crippen molar-refractivity contribution < 1.29 is 18.8 Å². The lowest BCUT2D eigenvalue weighted by molar-refractivity contribution is -0.387. The Kier molecular flexibility index (Phi) is 6.44. The second kappa shape index (κ2) is 7.87. The summed E-state index contributed by atoms with van der Waals surface area (Å²) in [5, 5.41) is 13.3. The summed E-state index contributed by atoms with van der Waals surface area (Å²) in [7, 11) is 0. The van der Waals surface area contributed by atoms with Gasteiger partial charge in [0.05, 0.1) is 4.92 Å². The summed E-state index contributed by atoms with van der Waals surface area (Å²) in [6.45, 7) is 5.84. The molecule has 1 rings (SSSR count). The summed E-state index contributed by atoms with van der Waals surface area (Å²) >= 11 is 0. The van der Waals surface area contributed by atoms with E-state index in [1.165, 1.54) is 6.07 Å². The van der Waals surface area contributed by atoms with Crippen LogP contribution in [0, 0.1) is 21.8 Å². The molecule has 1 atom stereocenters. The summed E-state index contributed by atoms with van der Waals surface area (Å²) in [5.74, 6) is -1.01. The van der Waals surface area contributed by atoms with Gasteiger partial charge in [-0.1, -0.05) is 13.8 Å². The van der Waals surface area contributed by atoms with Crippen molar-refractivity contribution in [3.05, 3.63) is 34.1 Å². The number of halogens is 1. The number of nitrogens with zero attached hydrogens (tertiary/aromatic N) is 1. The molecule has 0 fully saturated rings. The van der Waals surface area contributed by atoms with Crippen molar-refractivity contribution in [2.24, 2.45) is 11.7 Å². The first-order valence-corrected chi connectivity index (χ1v) is 7.24. The summed E-state index contributed by atoms with van der Waals surface area (Å²) in [6.07, 6.45) is 0.710. The zero-order valence-electron chi connectivity index (χ0n) is 13.5. The number of benzene rings is 1. The van der Waals surface area contributed by atoms with E-state index < -0.39 is 27.9 Å². The Balaban J connectivity index is 2.62. The van der Waals surface area contributed by atoms with Gasteiger partial charge in [-0.3, -0.25) is 14.9 Å². The molecule has 0 saturated carbocycles. The lowest BCUT2D eigenvalue weighted by Crippen LogP contribution is -2.53. The first kappa shape index (κ1) is 18.8. The topological polar surface area (TPSA) is 107 Å². The Bertz CT molecular complexity index is 580. The monoisotopic (exact) mass is 327 g/mol. The van der Waals surface area contributed by atoms with Crippen LogP contribution in [0.15, 0.2) is 18.2 Å². The molecule has 0 heterocycles. The zero-order chi connectivity index (χ0) is 17.6. The van der Waals surface area contributed by atoms with Crippen molar-refractivity contribution in [1.82, 2.24) is 5.32 Å². The highest BCUT2D eigenvalue weighted by molar-refractivity contribution is 5.78. The van der Waals surface area contributed by atoms with E-state index in [4.69, 9.17) is 10.5 Å². The van der Waals surface area contributed by atoms with Gasteiger partial charge >= 0.3 is 5.69 Å². The fourth-order valence-electron chi connectivity index (χ4n) is 2.33. The lowest BCUT2D eigenvalue weighted by atomic mass is 9.91. The maximum atomic E-state index is 13.5. The first-order valence-electron chi connectivity index (χ1n) is 7.24. The maximum Gasteiger partial charge on any atom is 0.305 e. The number of carbonyl (C=O) groups excluding carboxylic acids is 1. The highest BCUT2D eigenvalue weighted by atomic mass is 19.1. The predicted molar refractivity (Wildman–Crippen MR) is 83.6 cm³/mol. The van der Waals surface area contributed by atoms with Gasteiger partial charge in [-0.2, -0.15) is 4.39 Å². The first-order chi connectivity index (χ1) is 10.7. The molecule has 0 saturated heterocycles. The number of nitrogens with one attached hydrogen (secondary N) is 1. The van der Waals surface area contributed by atoms with E-state index in [-0.39, 0.29) is 18.9 Å². The number of nitro groups is 1. The molecule has 0 radical (unpaired) electrons. The second-order valence-electron chi connectivity index (χ2n) is 6.07. The van der Waals surface area contributed by atoms with E-state index in [0.717, 1.165) is 12.1 Å². The number of ether oxygens (including phenoxy) is 1. The molecule has 0 bridgehead atoms. The Labute approximate surface area is 134 Å². The molecule has 1 amide bonds. The molecular weight excluding hydrogens is 305 g/mol. The van der Waals surface area contributed by atoms with E-state index in [1.807, 2.05) is 20.8 Å². The number of amides is 1. The summed E-state index contributed by atoms with van der Waals surface area (Å²) in [6, 6.07) is 3.11. The molecule has 23 heavy (non-hydrogen) atoms. The maximum absolute atomic E-state index is 13.5. The molecule has 0 aromatic heterocycles. The quantitative estimate of drug-likeness (QED) is 0.561. The Morgan fingerprint density at radius 3 is 2.65 bits per heavy atom. The van der Waals surface area contributed by atoms with E-state index in [2.05, 4.69) is 5.32 Å². The number of nitro benzene ring substituents is 1. The molecule has 7 nitrogen and oxygen atoms in total. The molecular formula is C15H22FN3O4. The smallest absolute Gasteiger partial charge is 0.305 e. The van der Waals surface area contributed by atoms with Crippen LogP contribution in [-0.2, 0) is 4.79 Å². The number of nitrogens with two attached hydrogens (primary N) is 1. The fourth-order valence-corrected chi connectivity index (χ4v) is 2.33. The van der Waals surface area contributed by atoms with Gasteiger partial charge in [0.15, 0.2) is 6.61 Å². The van der Waals surface area contributed by atoms with Gasteiger partial charge in [0.1, 0.15) is 5.75 Å². The van der Waals surface area contributed by atoms with Crippen molar-refractivity contribution in [2.45, 2.75) is 32.7 Å². The van der Waals surface area contributed by atoms with Crippen LogP contribution in [0.2, 0.25) is 0 Å². The van der Waals surface area contributed by atoms with Gasteiger partial charge < -0.3 is 15.8 Å². The van der Waals surface area contributed by atoms with Gasteiger partial charge in [-0.15, -0.1) is 0 Å². The number of carbonyl (C=O) groups is 1. The average Bonchev–Trinajstić information content (AvgIpc) is 2.43. The van der Waals surface area contributed by atoms with Crippen molar-refractivity contribution in [3.8, 4) is 5.75 Å². The minimum absolute atomic E-state index is 0.0431. The van der Waals surface area contributed by atoms with E-state index in [0.29, 0.717) is 12.3 Å². The van der Waals surface area contributed by atoms with Crippen LogP contribution in [-0.4, -0.2) is 29.5 Å². The highest BCUT2D eigenvalue weighted by Gasteiger charge is 2.26. The molecule has 1 aromatic carbocycles. The SMILES string of the molecule is CC(C)CC(C)(CN)NC(=O)COc1ccc([N+](=O)[O-])c(F)c1. The summed E-state index contributed by atoms with van der Waals surface area (Å²) in [4.78, 5) is 21.6. The number of hydrogen-bond donors (Lipinski definition) is 2. The van der Waals surface area contributed by atoms with Crippen LogP contribution in [0.25, 0.3) is 0 Å². The fraction of sp³-hybridized carbons (Fsp3) is 0.533. The molecule has 128 valence electrons. The zero-order valence-corrected chi connectivity index (χ0v) is 13.5. The summed E-state index contributed by atoms with van der Waals surface area (Å²) < 4.78 is 18.6. The minimum Gasteiger partial charge on any atom is -0.484 e. The van der Waals surface area contributed by atoms with Crippen molar-refractivity contribution in [2.75, 3.05) is 13.2 Å². The van der Waals surface area contributed by atoms with Gasteiger partial charge in [-0.25, -0.2) is 0 Å². The normalized spacial score (nSPS) is 13.5. The third kappa shape index (κ3) is 5.82. The van der Waals surface area contributed by atoms with E-state index in [9.17, 15) is 19.3 Å². The molecule has 1 aromatic rings. The predicted octanol–water partition coefficient (Wildman–Crippen LogP) is 1.99. The molecule has 0 aliphatic rings.